The summed E-state index contributed by atoms with van der Waals surface area (Å²) in [4.78, 5) is 2.18. The summed E-state index contributed by atoms with van der Waals surface area (Å²) in [6.45, 7) is 3.71. The van der Waals surface area contributed by atoms with Crippen LogP contribution in [0.2, 0.25) is 0 Å². The lowest BCUT2D eigenvalue weighted by molar-refractivity contribution is 0.185. The van der Waals surface area contributed by atoms with Gasteiger partial charge >= 0.3 is 0 Å². The van der Waals surface area contributed by atoms with Crippen LogP contribution in [-0.2, 0) is 17.9 Å². The number of benzene rings is 1. The highest BCUT2D eigenvalue weighted by atomic mass is 16.5. The Balaban J connectivity index is 2.26. The van der Waals surface area contributed by atoms with E-state index in [0.29, 0.717) is 6.61 Å². The van der Waals surface area contributed by atoms with Gasteiger partial charge in [0.05, 0.1) is 6.61 Å². The molecule has 1 aromatic rings. The van der Waals surface area contributed by atoms with Gasteiger partial charge in [-0.25, -0.2) is 0 Å². The summed E-state index contributed by atoms with van der Waals surface area (Å²) >= 11 is 0. The molecule has 0 aliphatic rings. The van der Waals surface area contributed by atoms with Gasteiger partial charge in [-0.05, 0) is 25.2 Å². The van der Waals surface area contributed by atoms with Crippen LogP contribution >= 0.6 is 0 Å². The van der Waals surface area contributed by atoms with Crippen molar-refractivity contribution in [2.75, 3.05) is 34.3 Å². The first kappa shape index (κ1) is 13.2. The lowest BCUT2D eigenvalue weighted by Crippen LogP contribution is -2.26. The second kappa shape index (κ2) is 7.39. The van der Waals surface area contributed by atoms with Gasteiger partial charge in [0.1, 0.15) is 0 Å². The fourth-order valence-electron chi connectivity index (χ4n) is 1.46. The average Bonchev–Trinajstić information content (AvgIpc) is 2.27. The molecule has 0 unspecified atom stereocenters. The predicted octanol–water partition coefficient (Wildman–Crippen LogP) is 1.48. The number of nitrogens with zero attached hydrogens (tertiary/aromatic N) is 1. The molecule has 0 fully saturated rings. The van der Waals surface area contributed by atoms with Crippen molar-refractivity contribution in [3.05, 3.63) is 35.4 Å². The summed E-state index contributed by atoms with van der Waals surface area (Å²) in [5.74, 6) is 0. The third-order valence-electron chi connectivity index (χ3n) is 2.40. The van der Waals surface area contributed by atoms with Gasteiger partial charge in [0, 0.05) is 26.7 Å². The van der Waals surface area contributed by atoms with Gasteiger partial charge in [-0.15, -0.1) is 0 Å². The van der Waals surface area contributed by atoms with Crippen LogP contribution in [0, 0.1) is 0 Å². The molecule has 0 aromatic heterocycles. The Bertz CT molecular complexity index is 282. The van der Waals surface area contributed by atoms with E-state index in [1.54, 1.807) is 7.11 Å². The van der Waals surface area contributed by atoms with E-state index in [0.717, 1.165) is 19.6 Å². The van der Waals surface area contributed by atoms with E-state index >= 15 is 0 Å². The molecular formula is C13H22N2O. The van der Waals surface area contributed by atoms with E-state index in [1.165, 1.54) is 11.1 Å². The highest BCUT2D eigenvalue weighted by Gasteiger charge is 1.95. The molecule has 1 rings (SSSR count). The van der Waals surface area contributed by atoms with Crippen LogP contribution in [0.5, 0.6) is 0 Å². The smallest absolute Gasteiger partial charge is 0.0713 e. The van der Waals surface area contributed by atoms with Crippen molar-refractivity contribution < 1.29 is 4.74 Å². The van der Waals surface area contributed by atoms with Gasteiger partial charge in [-0.2, -0.15) is 0 Å². The van der Waals surface area contributed by atoms with Crippen molar-refractivity contribution in [3.63, 3.8) is 0 Å². The van der Waals surface area contributed by atoms with Gasteiger partial charge in [-0.3, -0.25) is 0 Å². The Morgan fingerprint density at radius 1 is 1.12 bits per heavy atom. The quantitative estimate of drug-likeness (QED) is 0.707. The molecule has 0 radical (unpaired) electrons. The molecule has 16 heavy (non-hydrogen) atoms. The maximum Gasteiger partial charge on any atom is 0.0713 e. The minimum atomic E-state index is 0.689. The first-order valence-corrected chi connectivity index (χ1v) is 5.64. The van der Waals surface area contributed by atoms with Crippen molar-refractivity contribution in [1.29, 1.82) is 0 Å². The van der Waals surface area contributed by atoms with Crippen molar-refractivity contribution in [2.45, 2.75) is 13.2 Å². The fourth-order valence-corrected chi connectivity index (χ4v) is 1.46. The number of rotatable bonds is 7. The topological polar surface area (TPSA) is 24.5 Å². The highest BCUT2D eigenvalue weighted by molar-refractivity contribution is 5.21. The van der Waals surface area contributed by atoms with Crippen molar-refractivity contribution in [1.82, 2.24) is 10.2 Å². The molecule has 1 aromatic carbocycles. The van der Waals surface area contributed by atoms with Crippen LogP contribution in [0.1, 0.15) is 11.1 Å². The maximum atomic E-state index is 5.07. The molecule has 0 heterocycles. The molecule has 0 saturated carbocycles. The monoisotopic (exact) mass is 222 g/mol. The Hall–Kier alpha value is -0.900. The predicted molar refractivity (Wildman–Crippen MR) is 67.4 cm³/mol. The third kappa shape index (κ3) is 5.26. The van der Waals surface area contributed by atoms with Gasteiger partial charge in [0.2, 0.25) is 0 Å². The van der Waals surface area contributed by atoms with Crippen LogP contribution in [0.4, 0.5) is 0 Å². The second-order valence-electron chi connectivity index (χ2n) is 4.23. The van der Waals surface area contributed by atoms with E-state index in [9.17, 15) is 0 Å². The van der Waals surface area contributed by atoms with Crippen LogP contribution in [-0.4, -0.2) is 39.2 Å². The SMILES string of the molecule is COCc1ccc(CNCCN(C)C)cc1. The van der Waals surface area contributed by atoms with Gasteiger partial charge < -0.3 is 15.0 Å². The first-order valence-electron chi connectivity index (χ1n) is 5.64. The van der Waals surface area contributed by atoms with Gasteiger partial charge in [0.25, 0.3) is 0 Å². The van der Waals surface area contributed by atoms with Crippen molar-refractivity contribution in [3.8, 4) is 0 Å². The summed E-state index contributed by atoms with van der Waals surface area (Å²) < 4.78 is 5.07. The Morgan fingerprint density at radius 2 is 1.75 bits per heavy atom. The molecular weight excluding hydrogens is 200 g/mol. The van der Waals surface area contributed by atoms with Gasteiger partial charge in [-0.1, -0.05) is 24.3 Å². The fraction of sp³-hybridized carbons (Fsp3) is 0.538. The molecule has 0 amide bonds. The zero-order valence-electron chi connectivity index (χ0n) is 10.5. The first-order chi connectivity index (χ1) is 7.72. The number of likely N-dealkylation sites (N-methyl/N-ethyl adjacent to an activating group) is 1. The lowest BCUT2D eigenvalue weighted by Gasteiger charge is -2.10. The molecule has 90 valence electrons. The molecule has 0 spiro atoms. The van der Waals surface area contributed by atoms with Crippen molar-refractivity contribution in [2.24, 2.45) is 0 Å². The van der Waals surface area contributed by atoms with E-state index < -0.39 is 0 Å². The van der Waals surface area contributed by atoms with E-state index in [2.05, 4.69) is 48.6 Å². The average molecular weight is 222 g/mol. The zero-order chi connectivity index (χ0) is 11.8. The summed E-state index contributed by atoms with van der Waals surface area (Å²) in [6, 6.07) is 8.53. The number of methoxy groups -OCH3 is 1. The lowest BCUT2D eigenvalue weighted by atomic mass is 10.1. The normalized spacial score (nSPS) is 11.0. The van der Waals surface area contributed by atoms with Crippen molar-refractivity contribution >= 4 is 0 Å². The van der Waals surface area contributed by atoms with Crippen LogP contribution in [0.15, 0.2) is 24.3 Å². The zero-order valence-corrected chi connectivity index (χ0v) is 10.5. The van der Waals surface area contributed by atoms with Gasteiger partial charge in [0.15, 0.2) is 0 Å². The standard InChI is InChI=1S/C13H22N2O/c1-15(2)9-8-14-10-12-4-6-13(7-5-12)11-16-3/h4-7,14H,8-11H2,1-3H3. The molecule has 3 nitrogen and oxygen atoms in total. The number of nitrogens with one attached hydrogen (secondary N) is 1. The Labute approximate surface area is 98.4 Å². The summed E-state index contributed by atoms with van der Waals surface area (Å²) in [5, 5.41) is 3.41. The summed E-state index contributed by atoms with van der Waals surface area (Å²) in [6.07, 6.45) is 0. The second-order valence-corrected chi connectivity index (χ2v) is 4.23. The van der Waals surface area contributed by atoms with E-state index in [1.807, 2.05) is 0 Å². The molecule has 0 bridgehead atoms. The molecule has 1 N–H and O–H groups in total. The summed E-state index contributed by atoms with van der Waals surface area (Å²) in [5.41, 5.74) is 2.54. The largest absolute Gasteiger partial charge is 0.380 e. The number of hydrogen-bond acceptors (Lipinski definition) is 3. The van der Waals surface area contributed by atoms with E-state index in [-0.39, 0.29) is 0 Å². The molecule has 0 atom stereocenters. The molecule has 0 aliphatic carbocycles. The third-order valence-corrected chi connectivity index (χ3v) is 2.40. The number of ether oxygens (including phenoxy) is 1. The Kier molecular flexibility index (Phi) is 6.08. The minimum absolute atomic E-state index is 0.689. The van der Waals surface area contributed by atoms with E-state index in [4.69, 9.17) is 4.74 Å². The minimum Gasteiger partial charge on any atom is -0.380 e. The summed E-state index contributed by atoms with van der Waals surface area (Å²) in [7, 11) is 5.89. The molecule has 0 aliphatic heterocycles. The van der Waals surface area contributed by atoms with Crippen LogP contribution in [0.3, 0.4) is 0 Å². The highest BCUT2D eigenvalue weighted by Crippen LogP contribution is 2.04. The molecule has 0 saturated heterocycles. The Morgan fingerprint density at radius 3 is 2.31 bits per heavy atom. The molecule has 3 heteroatoms. The van der Waals surface area contributed by atoms with Crippen LogP contribution in [0.25, 0.3) is 0 Å². The maximum absolute atomic E-state index is 5.07. The van der Waals surface area contributed by atoms with Crippen LogP contribution < -0.4 is 5.32 Å². The number of hydrogen-bond donors (Lipinski definition) is 1.